The zero-order valence-corrected chi connectivity index (χ0v) is 12.9. The summed E-state index contributed by atoms with van der Waals surface area (Å²) in [5.41, 5.74) is -1.21. The molecule has 6 heteroatoms. The maximum Gasteiger partial charge on any atom is 0.315 e. The first-order valence-electron chi connectivity index (χ1n) is 6.71. The van der Waals surface area contributed by atoms with E-state index in [0.717, 1.165) is 0 Å². The van der Waals surface area contributed by atoms with Gasteiger partial charge in [0.25, 0.3) is 0 Å². The number of carbonyl (C=O) groups excluding carboxylic acids is 1. The average molecular weight is 298 g/mol. The Bertz CT molecular complexity index is 472. The summed E-state index contributed by atoms with van der Waals surface area (Å²) in [5.74, 6) is -0.373. The second-order valence-electron chi connectivity index (χ2n) is 5.78. The number of aliphatic hydroxyl groups is 1. The fraction of sp³-hybridized carbons (Fsp3) is 0.533. The molecule has 2 amide bonds. The molecule has 0 aliphatic carbocycles. The first kappa shape index (κ1) is 17.4. The lowest BCUT2D eigenvalue weighted by Gasteiger charge is -2.26. The molecule has 3 N–H and O–H groups in total. The van der Waals surface area contributed by atoms with Crippen LogP contribution in [0.2, 0.25) is 0 Å². The average Bonchev–Trinajstić information content (AvgIpc) is 2.43. The number of benzene rings is 1. The first-order valence-corrected chi connectivity index (χ1v) is 6.71. The molecule has 0 heterocycles. The second-order valence-corrected chi connectivity index (χ2v) is 5.78. The Balaban J connectivity index is 2.49. The van der Waals surface area contributed by atoms with Crippen LogP contribution >= 0.6 is 0 Å². The summed E-state index contributed by atoms with van der Waals surface area (Å²) in [6.45, 7) is 5.61. The monoisotopic (exact) mass is 298 g/mol. The topological polar surface area (TPSA) is 70.6 Å². The number of methoxy groups -OCH3 is 1. The fourth-order valence-electron chi connectivity index (χ4n) is 1.59. The van der Waals surface area contributed by atoms with Crippen LogP contribution in [0.5, 0.6) is 0 Å². The van der Waals surface area contributed by atoms with Crippen LogP contribution in [0, 0.1) is 5.82 Å². The van der Waals surface area contributed by atoms with E-state index < -0.39 is 17.2 Å². The van der Waals surface area contributed by atoms with Gasteiger partial charge in [-0.05, 0) is 38.5 Å². The SMILES string of the molecule is COC(C)(C)CNC(=O)NCC(C)(O)c1ccc(F)cc1. The zero-order chi connectivity index (χ0) is 16.1. The molecule has 0 aliphatic heterocycles. The molecule has 118 valence electrons. The Morgan fingerprint density at radius 3 is 2.24 bits per heavy atom. The molecule has 1 unspecified atom stereocenters. The quantitative estimate of drug-likeness (QED) is 0.749. The minimum absolute atomic E-state index is 0.0118. The van der Waals surface area contributed by atoms with Crippen LogP contribution in [-0.4, -0.2) is 36.9 Å². The molecule has 0 aliphatic rings. The van der Waals surface area contributed by atoms with Gasteiger partial charge in [-0.2, -0.15) is 0 Å². The van der Waals surface area contributed by atoms with Crippen molar-refractivity contribution in [3.63, 3.8) is 0 Å². The lowest BCUT2D eigenvalue weighted by Crippen LogP contribution is -2.47. The van der Waals surface area contributed by atoms with Gasteiger partial charge in [-0.15, -0.1) is 0 Å². The minimum atomic E-state index is -1.28. The van der Waals surface area contributed by atoms with E-state index in [4.69, 9.17) is 4.74 Å². The van der Waals surface area contributed by atoms with Gasteiger partial charge in [0, 0.05) is 13.7 Å². The molecule has 21 heavy (non-hydrogen) atoms. The van der Waals surface area contributed by atoms with Crippen molar-refractivity contribution in [2.24, 2.45) is 0 Å². The van der Waals surface area contributed by atoms with Crippen molar-refractivity contribution in [3.8, 4) is 0 Å². The maximum absolute atomic E-state index is 12.9. The summed E-state index contributed by atoms with van der Waals surface area (Å²) in [7, 11) is 1.57. The number of nitrogens with one attached hydrogen (secondary N) is 2. The molecule has 0 bridgehead atoms. The summed E-state index contributed by atoms with van der Waals surface area (Å²) < 4.78 is 18.0. The number of ether oxygens (including phenoxy) is 1. The van der Waals surface area contributed by atoms with E-state index >= 15 is 0 Å². The van der Waals surface area contributed by atoms with Gasteiger partial charge in [0.05, 0.1) is 12.1 Å². The van der Waals surface area contributed by atoms with E-state index in [1.165, 1.54) is 24.3 Å². The summed E-state index contributed by atoms with van der Waals surface area (Å²) in [5, 5.41) is 15.6. The lowest BCUT2D eigenvalue weighted by molar-refractivity contribution is 0.0248. The van der Waals surface area contributed by atoms with Crippen molar-refractivity contribution in [3.05, 3.63) is 35.6 Å². The number of hydrogen-bond acceptors (Lipinski definition) is 3. The molecule has 1 aromatic rings. The van der Waals surface area contributed by atoms with Gasteiger partial charge in [0.2, 0.25) is 0 Å². The van der Waals surface area contributed by atoms with E-state index in [0.29, 0.717) is 12.1 Å². The summed E-state index contributed by atoms with van der Waals surface area (Å²) in [6, 6.07) is 5.12. The smallest absolute Gasteiger partial charge is 0.315 e. The van der Waals surface area contributed by atoms with E-state index in [1.807, 2.05) is 13.8 Å². The summed E-state index contributed by atoms with van der Waals surface area (Å²) in [6.07, 6.45) is 0. The van der Waals surface area contributed by atoms with Crippen molar-refractivity contribution in [1.29, 1.82) is 0 Å². The largest absolute Gasteiger partial charge is 0.384 e. The molecule has 0 fully saturated rings. The standard InChI is InChI=1S/C15H23FN2O3/c1-14(2,21-4)9-17-13(19)18-10-15(3,20)11-5-7-12(16)8-6-11/h5-8,20H,9-10H2,1-4H3,(H2,17,18,19). The number of amides is 2. The summed E-state index contributed by atoms with van der Waals surface area (Å²) >= 11 is 0. The van der Waals surface area contributed by atoms with Crippen molar-refractivity contribution in [2.45, 2.75) is 32.0 Å². The van der Waals surface area contributed by atoms with Crippen molar-refractivity contribution >= 4 is 6.03 Å². The Hall–Kier alpha value is -1.66. The Morgan fingerprint density at radius 2 is 1.71 bits per heavy atom. The summed E-state index contributed by atoms with van der Waals surface area (Å²) in [4.78, 5) is 11.7. The normalized spacial score (nSPS) is 14.4. The van der Waals surface area contributed by atoms with E-state index in [-0.39, 0.29) is 12.4 Å². The molecule has 0 saturated heterocycles. The van der Waals surface area contributed by atoms with Crippen molar-refractivity contribution in [2.75, 3.05) is 20.2 Å². The van der Waals surface area contributed by atoms with Gasteiger partial charge < -0.3 is 20.5 Å². The predicted octanol–water partition coefficient (Wildman–Crippen LogP) is 1.76. The molecule has 1 aromatic carbocycles. The van der Waals surface area contributed by atoms with E-state index in [9.17, 15) is 14.3 Å². The predicted molar refractivity (Wildman–Crippen MR) is 78.5 cm³/mol. The number of rotatable bonds is 6. The van der Waals surface area contributed by atoms with Gasteiger partial charge in [-0.3, -0.25) is 0 Å². The zero-order valence-electron chi connectivity index (χ0n) is 12.9. The highest BCUT2D eigenvalue weighted by Crippen LogP contribution is 2.19. The van der Waals surface area contributed by atoms with E-state index in [2.05, 4.69) is 10.6 Å². The Kier molecular flexibility index (Phi) is 5.69. The number of carbonyl (C=O) groups is 1. The van der Waals surface area contributed by atoms with Crippen LogP contribution in [0.15, 0.2) is 24.3 Å². The fourth-order valence-corrected chi connectivity index (χ4v) is 1.59. The van der Waals surface area contributed by atoms with Crippen molar-refractivity contribution in [1.82, 2.24) is 10.6 Å². The highest BCUT2D eigenvalue weighted by Gasteiger charge is 2.24. The van der Waals surface area contributed by atoms with Crippen LogP contribution in [0.1, 0.15) is 26.3 Å². The van der Waals surface area contributed by atoms with Crippen LogP contribution in [-0.2, 0) is 10.3 Å². The van der Waals surface area contributed by atoms with Gasteiger partial charge in [-0.1, -0.05) is 12.1 Å². The molecular formula is C15H23FN2O3. The minimum Gasteiger partial charge on any atom is -0.384 e. The van der Waals surface area contributed by atoms with Gasteiger partial charge in [0.15, 0.2) is 0 Å². The molecule has 5 nitrogen and oxygen atoms in total. The third-order valence-corrected chi connectivity index (χ3v) is 3.29. The Morgan fingerprint density at radius 1 is 1.19 bits per heavy atom. The van der Waals surface area contributed by atoms with Crippen LogP contribution in [0.25, 0.3) is 0 Å². The first-order chi connectivity index (χ1) is 9.66. The number of hydrogen-bond donors (Lipinski definition) is 3. The molecule has 1 rings (SSSR count). The van der Waals surface area contributed by atoms with Gasteiger partial charge in [-0.25, -0.2) is 9.18 Å². The molecule has 0 spiro atoms. The molecule has 1 atom stereocenters. The molecule has 0 radical (unpaired) electrons. The second kappa shape index (κ2) is 6.87. The molecule has 0 aromatic heterocycles. The molecular weight excluding hydrogens is 275 g/mol. The van der Waals surface area contributed by atoms with Crippen LogP contribution in [0.4, 0.5) is 9.18 Å². The highest BCUT2D eigenvalue weighted by molar-refractivity contribution is 5.74. The lowest BCUT2D eigenvalue weighted by atomic mass is 9.96. The third-order valence-electron chi connectivity index (χ3n) is 3.29. The number of halogens is 1. The third kappa shape index (κ3) is 5.69. The highest BCUT2D eigenvalue weighted by atomic mass is 19.1. The van der Waals surface area contributed by atoms with Gasteiger partial charge in [0.1, 0.15) is 11.4 Å². The van der Waals surface area contributed by atoms with Gasteiger partial charge >= 0.3 is 6.03 Å². The van der Waals surface area contributed by atoms with Crippen LogP contribution < -0.4 is 10.6 Å². The Labute approximate surface area is 124 Å². The molecule has 0 saturated carbocycles. The van der Waals surface area contributed by atoms with Crippen LogP contribution in [0.3, 0.4) is 0 Å². The van der Waals surface area contributed by atoms with E-state index in [1.54, 1.807) is 14.0 Å². The van der Waals surface area contributed by atoms with Crippen molar-refractivity contribution < 1.29 is 19.0 Å². The number of urea groups is 1. The maximum atomic E-state index is 12.9.